The number of benzene rings is 1. The first-order valence-corrected chi connectivity index (χ1v) is 7.72. The molecule has 5 nitrogen and oxygen atoms in total. The van der Waals surface area contributed by atoms with Crippen LogP contribution >= 0.6 is 15.9 Å². The molecule has 0 aromatic heterocycles. The van der Waals surface area contributed by atoms with Crippen LogP contribution in [-0.2, 0) is 4.79 Å². The fraction of sp³-hybridized carbons (Fsp3) is 0.467. The van der Waals surface area contributed by atoms with Crippen LogP contribution in [0.2, 0.25) is 0 Å². The lowest BCUT2D eigenvalue weighted by molar-refractivity contribution is -0.127. The van der Waals surface area contributed by atoms with Gasteiger partial charge in [0.15, 0.2) is 6.10 Å². The minimum Gasteiger partial charge on any atom is -0.481 e. The molecule has 0 aliphatic carbocycles. The van der Waals surface area contributed by atoms with Crippen LogP contribution in [0.15, 0.2) is 22.7 Å². The third-order valence-corrected chi connectivity index (χ3v) is 3.62. The summed E-state index contributed by atoms with van der Waals surface area (Å²) in [7, 11) is 0. The molecule has 0 saturated heterocycles. The SMILES string of the molecule is CCCCCNC(=O)C(C)Oc1ccc(Br)c(C(=O)O)c1. The number of amides is 1. The van der Waals surface area contributed by atoms with Crippen molar-refractivity contribution in [2.75, 3.05) is 6.54 Å². The number of halogens is 1. The topological polar surface area (TPSA) is 75.6 Å². The Labute approximate surface area is 132 Å². The molecule has 1 atom stereocenters. The number of hydrogen-bond acceptors (Lipinski definition) is 3. The van der Waals surface area contributed by atoms with Crippen molar-refractivity contribution in [3.8, 4) is 5.75 Å². The number of nitrogens with one attached hydrogen (secondary N) is 1. The summed E-state index contributed by atoms with van der Waals surface area (Å²) in [5.74, 6) is -0.901. The zero-order chi connectivity index (χ0) is 15.8. The van der Waals surface area contributed by atoms with Crippen molar-refractivity contribution in [2.24, 2.45) is 0 Å². The van der Waals surface area contributed by atoms with E-state index < -0.39 is 12.1 Å². The van der Waals surface area contributed by atoms with E-state index in [0.717, 1.165) is 19.3 Å². The van der Waals surface area contributed by atoms with E-state index in [-0.39, 0.29) is 11.5 Å². The Hall–Kier alpha value is -1.56. The van der Waals surface area contributed by atoms with Crippen molar-refractivity contribution in [1.29, 1.82) is 0 Å². The average molecular weight is 358 g/mol. The van der Waals surface area contributed by atoms with Crippen LogP contribution in [0.3, 0.4) is 0 Å². The van der Waals surface area contributed by atoms with E-state index in [1.165, 1.54) is 6.07 Å². The number of carbonyl (C=O) groups excluding carboxylic acids is 1. The summed E-state index contributed by atoms with van der Waals surface area (Å²) in [5.41, 5.74) is 0.100. The van der Waals surface area contributed by atoms with Gasteiger partial charge in [0.1, 0.15) is 5.75 Å². The van der Waals surface area contributed by atoms with Gasteiger partial charge in [-0.3, -0.25) is 4.79 Å². The number of ether oxygens (including phenoxy) is 1. The van der Waals surface area contributed by atoms with E-state index in [2.05, 4.69) is 28.2 Å². The maximum Gasteiger partial charge on any atom is 0.336 e. The quantitative estimate of drug-likeness (QED) is 0.700. The van der Waals surface area contributed by atoms with E-state index in [1.807, 2.05) is 0 Å². The van der Waals surface area contributed by atoms with E-state index in [9.17, 15) is 9.59 Å². The zero-order valence-electron chi connectivity index (χ0n) is 12.2. The molecule has 0 aliphatic heterocycles. The molecule has 1 aromatic rings. The highest BCUT2D eigenvalue weighted by Gasteiger charge is 2.16. The Bertz CT molecular complexity index is 504. The predicted molar refractivity (Wildman–Crippen MR) is 83.7 cm³/mol. The van der Waals surface area contributed by atoms with Crippen molar-refractivity contribution in [2.45, 2.75) is 39.2 Å². The van der Waals surface area contributed by atoms with E-state index in [4.69, 9.17) is 9.84 Å². The molecule has 21 heavy (non-hydrogen) atoms. The van der Waals surface area contributed by atoms with Crippen LogP contribution in [0.4, 0.5) is 0 Å². The van der Waals surface area contributed by atoms with Crippen LogP contribution < -0.4 is 10.1 Å². The van der Waals surface area contributed by atoms with Gasteiger partial charge in [-0.25, -0.2) is 4.79 Å². The summed E-state index contributed by atoms with van der Waals surface area (Å²) in [4.78, 5) is 22.9. The molecule has 0 spiro atoms. The van der Waals surface area contributed by atoms with Crippen LogP contribution in [0.25, 0.3) is 0 Å². The lowest BCUT2D eigenvalue weighted by Crippen LogP contribution is -2.36. The smallest absolute Gasteiger partial charge is 0.336 e. The molecule has 1 rings (SSSR count). The van der Waals surface area contributed by atoms with Gasteiger partial charge in [-0.05, 0) is 47.5 Å². The van der Waals surface area contributed by atoms with Gasteiger partial charge >= 0.3 is 5.97 Å². The van der Waals surface area contributed by atoms with E-state index in [0.29, 0.717) is 16.8 Å². The third-order valence-electron chi connectivity index (χ3n) is 2.93. The number of unbranched alkanes of at least 4 members (excludes halogenated alkanes) is 2. The fourth-order valence-electron chi connectivity index (χ4n) is 1.73. The van der Waals surface area contributed by atoms with Crippen molar-refractivity contribution < 1.29 is 19.4 Å². The molecule has 1 amide bonds. The predicted octanol–water partition coefficient (Wildman–Crippen LogP) is 3.22. The van der Waals surface area contributed by atoms with Gasteiger partial charge < -0.3 is 15.2 Å². The minimum absolute atomic E-state index is 0.100. The maximum absolute atomic E-state index is 11.8. The van der Waals surface area contributed by atoms with Crippen molar-refractivity contribution in [3.63, 3.8) is 0 Å². The van der Waals surface area contributed by atoms with Crippen molar-refractivity contribution >= 4 is 27.8 Å². The number of hydrogen-bond donors (Lipinski definition) is 2. The second-order valence-corrected chi connectivity index (χ2v) is 5.56. The Kier molecular flexibility index (Phi) is 7.22. The summed E-state index contributed by atoms with van der Waals surface area (Å²) in [5, 5.41) is 11.8. The average Bonchev–Trinajstić information content (AvgIpc) is 2.45. The number of carboxylic acids is 1. The Morgan fingerprint density at radius 3 is 2.71 bits per heavy atom. The highest BCUT2D eigenvalue weighted by Crippen LogP contribution is 2.23. The molecule has 0 radical (unpaired) electrons. The zero-order valence-corrected chi connectivity index (χ0v) is 13.8. The number of carboxylic acid groups (broad SMARTS) is 1. The molecule has 0 fully saturated rings. The first-order valence-electron chi connectivity index (χ1n) is 6.93. The first-order chi connectivity index (χ1) is 9.95. The molecule has 0 aliphatic rings. The lowest BCUT2D eigenvalue weighted by atomic mass is 10.2. The third kappa shape index (κ3) is 5.75. The second-order valence-electron chi connectivity index (χ2n) is 4.71. The monoisotopic (exact) mass is 357 g/mol. The van der Waals surface area contributed by atoms with Gasteiger partial charge in [0.05, 0.1) is 5.56 Å². The normalized spacial score (nSPS) is 11.8. The largest absolute Gasteiger partial charge is 0.481 e. The number of carbonyl (C=O) groups is 2. The molecule has 1 unspecified atom stereocenters. The number of rotatable bonds is 8. The van der Waals surface area contributed by atoms with Crippen LogP contribution in [-0.4, -0.2) is 29.6 Å². The van der Waals surface area contributed by atoms with Gasteiger partial charge in [-0.2, -0.15) is 0 Å². The van der Waals surface area contributed by atoms with Crippen molar-refractivity contribution in [3.05, 3.63) is 28.2 Å². The molecule has 0 bridgehead atoms. The minimum atomic E-state index is -1.05. The molecule has 0 heterocycles. The fourth-order valence-corrected chi connectivity index (χ4v) is 2.15. The van der Waals surface area contributed by atoms with Gasteiger partial charge in [0.2, 0.25) is 0 Å². The highest BCUT2D eigenvalue weighted by molar-refractivity contribution is 9.10. The number of aromatic carboxylic acids is 1. The van der Waals surface area contributed by atoms with Gasteiger partial charge in [-0.15, -0.1) is 0 Å². The van der Waals surface area contributed by atoms with E-state index in [1.54, 1.807) is 19.1 Å². The molecule has 2 N–H and O–H groups in total. The summed E-state index contributed by atoms with van der Waals surface area (Å²) in [6.45, 7) is 4.36. The van der Waals surface area contributed by atoms with Gasteiger partial charge in [0.25, 0.3) is 5.91 Å². The van der Waals surface area contributed by atoms with Crippen LogP contribution in [0.1, 0.15) is 43.5 Å². The van der Waals surface area contributed by atoms with E-state index >= 15 is 0 Å². The molecule has 1 aromatic carbocycles. The maximum atomic E-state index is 11.8. The van der Waals surface area contributed by atoms with Gasteiger partial charge in [0, 0.05) is 11.0 Å². The van der Waals surface area contributed by atoms with Crippen molar-refractivity contribution in [1.82, 2.24) is 5.32 Å². The Morgan fingerprint density at radius 1 is 1.38 bits per heavy atom. The standard InChI is InChI=1S/C15H20BrNO4/c1-3-4-5-8-17-14(18)10(2)21-11-6-7-13(16)12(9-11)15(19)20/h6-7,9-10H,3-5,8H2,1-2H3,(H,17,18)(H,19,20). The summed E-state index contributed by atoms with van der Waals surface area (Å²) < 4.78 is 5.95. The van der Waals surface area contributed by atoms with Crippen LogP contribution in [0, 0.1) is 0 Å². The molecule has 6 heteroatoms. The molecule has 0 saturated carbocycles. The Balaban J connectivity index is 2.58. The summed E-state index contributed by atoms with van der Waals surface area (Å²) in [6, 6.07) is 4.61. The van der Waals surface area contributed by atoms with Gasteiger partial charge in [-0.1, -0.05) is 19.8 Å². The summed E-state index contributed by atoms with van der Waals surface area (Å²) in [6.07, 6.45) is 2.44. The highest BCUT2D eigenvalue weighted by atomic mass is 79.9. The van der Waals surface area contributed by atoms with Crippen LogP contribution in [0.5, 0.6) is 5.75 Å². The Morgan fingerprint density at radius 2 is 2.10 bits per heavy atom. The molecular formula is C15H20BrNO4. The lowest BCUT2D eigenvalue weighted by Gasteiger charge is -2.15. The summed E-state index contributed by atoms with van der Waals surface area (Å²) >= 11 is 3.16. The molecule has 116 valence electrons. The first kappa shape index (κ1) is 17.5. The molecular weight excluding hydrogens is 338 g/mol. The second kappa shape index (κ2) is 8.67.